The van der Waals surface area contributed by atoms with Gasteiger partial charge >= 0.3 is 6.61 Å². The summed E-state index contributed by atoms with van der Waals surface area (Å²) in [5, 5.41) is 13.8. The van der Waals surface area contributed by atoms with Gasteiger partial charge in [-0.05, 0) is 31.2 Å². The van der Waals surface area contributed by atoms with Crippen molar-refractivity contribution in [1.82, 2.24) is 10.3 Å². The lowest BCUT2D eigenvalue weighted by Crippen LogP contribution is -2.42. The van der Waals surface area contributed by atoms with Crippen LogP contribution in [-0.4, -0.2) is 29.2 Å². The van der Waals surface area contributed by atoms with Crippen LogP contribution in [-0.2, 0) is 10.4 Å². The van der Waals surface area contributed by atoms with Crippen LogP contribution in [0.5, 0.6) is 5.88 Å². The van der Waals surface area contributed by atoms with Gasteiger partial charge in [0, 0.05) is 12.5 Å². The number of aliphatic hydroxyl groups is 1. The molecule has 0 spiro atoms. The van der Waals surface area contributed by atoms with Crippen molar-refractivity contribution in [3.8, 4) is 5.88 Å². The van der Waals surface area contributed by atoms with Gasteiger partial charge in [-0.15, -0.1) is 0 Å². The minimum atomic E-state index is -2.98. The van der Waals surface area contributed by atoms with Gasteiger partial charge < -0.3 is 15.2 Å². The summed E-state index contributed by atoms with van der Waals surface area (Å²) < 4.78 is 29.1. The van der Waals surface area contributed by atoms with Crippen molar-refractivity contribution in [2.24, 2.45) is 5.92 Å². The highest BCUT2D eigenvalue weighted by molar-refractivity contribution is 5.76. The van der Waals surface area contributed by atoms with E-state index in [2.05, 4.69) is 15.0 Å². The molecule has 1 unspecified atom stereocenters. The van der Waals surface area contributed by atoms with Gasteiger partial charge in [0.15, 0.2) is 0 Å². The molecule has 5 nitrogen and oxygen atoms in total. The second-order valence-electron chi connectivity index (χ2n) is 7.01. The van der Waals surface area contributed by atoms with E-state index in [0.717, 1.165) is 12.8 Å². The molecule has 26 heavy (non-hydrogen) atoms. The van der Waals surface area contributed by atoms with Crippen LogP contribution < -0.4 is 10.1 Å². The molecule has 1 amide bonds. The third kappa shape index (κ3) is 6.20. The first kappa shape index (κ1) is 20.6. The van der Waals surface area contributed by atoms with E-state index < -0.39 is 12.2 Å². The average molecular weight is 370 g/mol. The number of aromatic nitrogens is 1. The zero-order chi connectivity index (χ0) is 19.0. The maximum Gasteiger partial charge on any atom is 0.388 e. The molecule has 0 aliphatic heterocycles. The Labute approximate surface area is 153 Å². The zero-order valence-corrected chi connectivity index (χ0v) is 15.2. The highest BCUT2D eigenvalue weighted by Gasteiger charge is 2.31. The van der Waals surface area contributed by atoms with Gasteiger partial charge in [-0.1, -0.05) is 38.7 Å². The van der Waals surface area contributed by atoms with Gasteiger partial charge in [0.1, 0.15) is 5.60 Å². The largest absolute Gasteiger partial charge is 0.417 e. The summed E-state index contributed by atoms with van der Waals surface area (Å²) in [5.74, 6) is 0.0656. The van der Waals surface area contributed by atoms with Gasteiger partial charge in [0.25, 0.3) is 0 Å². The fourth-order valence-corrected chi connectivity index (χ4v) is 3.52. The highest BCUT2D eigenvalue weighted by atomic mass is 19.3. The molecule has 0 radical (unpaired) electrons. The van der Waals surface area contributed by atoms with E-state index >= 15 is 0 Å². The Morgan fingerprint density at radius 3 is 2.77 bits per heavy atom. The lowest BCUT2D eigenvalue weighted by Gasteiger charge is -2.28. The Kier molecular flexibility index (Phi) is 7.75. The molecule has 2 N–H and O–H groups in total. The number of nitrogens with one attached hydrogen (secondary N) is 1. The number of halogens is 2. The van der Waals surface area contributed by atoms with Crippen LogP contribution >= 0.6 is 0 Å². The van der Waals surface area contributed by atoms with E-state index in [0.29, 0.717) is 25.2 Å². The maximum atomic E-state index is 12.4. The minimum absolute atomic E-state index is 0.00246. The van der Waals surface area contributed by atoms with Gasteiger partial charge in [0.05, 0.1) is 12.2 Å². The third-order valence-electron chi connectivity index (χ3n) is 4.85. The number of hydrogen-bond donors (Lipinski definition) is 2. The predicted molar refractivity (Wildman–Crippen MR) is 93.9 cm³/mol. The molecule has 1 saturated carbocycles. The fraction of sp³-hybridized carbons (Fsp3) is 0.684. The van der Waals surface area contributed by atoms with Crippen molar-refractivity contribution in [2.75, 3.05) is 6.54 Å². The molecular formula is C19H28F2N2O3. The summed E-state index contributed by atoms with van der Waals surface area (Å²) in [6.45, 7) is -1.08. The van der Waals surface area contributed by atoms with Crippen LogP contribution in [0.1, 0.15) is 64.0 Å². The standard InChI is InChI=1S/C19H28F2N2O3/c1-2-11-19(25,15-9-6-10-17(23-15)26-18(20)21)13-22-16(24)12-14-7-4-3-5-8-14/h6,9-10,14,18,25H,2-5,7-8,11-13H2,1H3,(H,22,24). The molecule has 1 fully saturated rings. The third-order valence-corrected chi connectivity index (χ3v) is 4.85. The molecule has 1 aromatic rings. The molecule has 0 aromatic carbocycles. The number of alkyl halides is 2. The number of nitrogens with zero attached hydrogens (tertiary/aromatic N) is 1. The topological polar surface area (TPSA) is 71.5 Å². The van der Waals surface area contributed by atoms with Crippen molar-refractivity contribution in [2.45, 2.75) is 70.5 Å². The van der Waals surface area contributed by atoms with Crippen LogP contribution in [0.4, 0.5) is 8.78 Å². The number of carbonyl (C=O) groups is 1. The molecule has 0 bridgehead atoms. The van der Waals surface area contributed by atoms with Crippen molar-refractivity contribution in [3.63, 3.8) is 0 Å². The Morgan fingerprint density at radius 2 is 2.12 bits per heavy atom. The quantitative estimate of drug-likeness (QED) is 0.694. The van der Waals surface area contributed by atoms with E-state index in [9.17, 15) is 18.7 Å². The molecule has 0 saturated heterocycles. The van der Waals surface area contributed by atoms with Crippen molar-refractivity contribution >= 4 is 5.91 Å². The summed E-state index contributed by atoms with van der Waals surface area (Å²) >= 11 is 0. The van der Waals surface area contributed by atoms with Gasteiger partial charge in [-0.3, -0.25) is 4.79 Å². The van der Waals surface area contributed by atoms with Crippen molar-refractivity contribution in [1.29, 1.82) is 0 Å². The molecule has 1 heterocycles. The number of carbonyl (C=O) groups excluding carboxylic acids is 1. The first-order valence-corrected chi connectivity index (χ1v) is 9.34. The van der Waals surface area contributed by atoms with E-state index in [1.165, 1.54) is 31.4 Å². The number of amides is 1. The second-order valence-corrected chi connectivity index (χ2v) is 7.01. The summed E-state index contributed by atoms with van der Waals surface area (Å²) in [6, 6.07) is 4.37. The Hall–Kier alpha value is -1.76. The molecule has 146 valence electrons. The molecule has 2 rings (SSSR count). The van der Waals surface area contributed by atoms with E-state index in [1.54, 1.807) is 6.07 Å². The van der Waals surface area contributed by atoms with Gasteiger partial charge in [-0.2, -0.15) is 8.78 Å². The monoisotopic (exact) mass is 370 g/mol. The van der Waals surface area contributed by atoms with Crippen LogP contribution in [0, 0.1) is 5.92 Å². The normalized spacial score (nSPS) is 17.7. The second kappa shape index (κ2) is 9.80. The lowest BCUT2D eigenvalue weighted by molar-refractivity contribution is -0.123. The smallest absolute Gasteiger partial charge is 0.388 e. The Morgan fingerprint density at radius 1 is 1.38 bits per heavy atom. The lowest BCUT2D eigenvalue weighted by atomic mass is 9.86. The van der Waals surface area contributed by atoms with E-state index in [4.69, 9.17) is 0 Å². The average Bonchev–Trinajstić information content (AvgIpc) is 2.61. The van der Waals surface area contributed by atoms with E-state index in [1.807, 2.05) is 6.92 Å². The predicted octanol–water partition coefficient (Wildman–Crippen LogP) is 3.76. The Bertz CT molecular complexity index is 580. The molecule has 1 aromatic heterocycles. The van der Waals surface area contributed by atoms with Crippen molar-refractivity contribution in [3.05, 3.63) is 23.9 Å². The van der Waals surface area contributed by atoms with Crippen LogP contribution in [0.2, 0.25) is 0 Å². The Balaban J connectivity index is 2.00. The summed E-state index contributed by atoms with van der Waals surface area (Å²) in [7, 11) is 0. The summed E-state index contributed by atoms with van der Waals surface area (Å²) in [6.07, 6.45) is 7.17. The van der Waals surface area contributed by atoms with Crippen molar-refractivity contribution < 1.29 is 23.4 Å². The van der Waals surface area contributed by atoms with Crippen LogP contribution in [0.15, 0.2) is 18.2 Å². The SMILES string of the molecule is CCCC(O)(CNC(=O)CC1CCCCC1)c1cccc(OC(F)F)n1. The summed E-state index contributed by atoms with van der Waals surface area (Å²) in [4.78, 5) is 16.2. The molecule has 1 atom stereocenters. The molecule has 1 aliphatic carbocycles. The molecule has 1 aliphatic rings. The van der Waals surface area contributed by atoms with E-state index in [-0.39, 0.29) is 24.0 Å². The maximum absolute atomic E-state index is 12.4. The van der Waals surface area contributed by atoms with Gasteiger partial charge in [0.2, 0.25) is 11.8 Å². The number of pyridine rings is 1. The van der Waals surface area contributed by atoms with Crippen LogP contribution in [0.25, 0.3) is 0 Å². The fourth-order valence-electron chi connectivity index (χ4n) is 3.52. The van der Waals surface area contributed by atoms with Crippen LogP contribution in [0.3, 0.4) is 0 Å². The number of rotatable bonds is 9. The highest BCUT2D eigenvalue weighted by Crippen LogP contribution is 2.28. The number of hydrogen-bond acceptors (Lipinski definition) is 4. The first-order valence-electron chi connectivity index (χ1n) is 9.34. The minimum Gasteiger partial charge on any atom is -0.417 e. The first-order chi connectivity index (χ1) is 12.4. The zero-order valence-electron chi connectivity index (χ0n) is 15.2. The molecule has 7 heteroatoms. The number of ether oxygens (including phenoxy) is 1. The summed E-state index contributed by atoms with van der Waals surface area (Å²) in [5.41, 5.74) is -1.20. The molecular weight excluding hydrogens is 342 g/mol. The van der Waals surface area contributed by atoms with Gasteiger partial charge in [-0.25, -0.2) is 4.98 Å².